The molecular formula is C14H7BrINO3. The lowest BCUT2D eigenvalue weighted by Gasteiger charge is -1.99. The zero-order chi connectivity index (χ0) is 14.3. The molecule has 0 aliphatic rings. The maximum atomic E-state index is 11.0. The Morgan fingerprint density at radius 2 is 2.05 bits per heavy atom. The first-order valence-corrected chi connectivity index (χ1v) is 7.51. The summed E-state index contributed by atoms with van der Waals surface area (Å²) in [4.78, 5) is 15.4. The van der Waals surface area contributed by atoms with Crippen molar-refractivity contribution in [1.29, 1.82) is 0 Å². The predicted octanol–water partition coefficient (Wildman–Crippen LogP) is 4.56. The van der Waals surface area contributed by atoms with E-state index in [1.165, 1.54) is 12.1 Å². The molecule has 0 fully saturated rings. The molecule has 0 aliphatic carbocycles. The fourth-order valence-corrected chi connectivity index (χ4v) is 2.76. The van der Waals surface area contributed by atoms with Crippen molar-refractivity contribution in [3.63, 3.8) is 0 Å². The van der Waals surface area contributed by atoms with Gasteiger partial charge < -0.3 is 9.52 Å². The number of benzene rings is 2. The first kappa shape index (κ1) is 13.6. The van der Waals surface area contributed by atoms with Gasteiger partial charge in [0.25, 0.3) is 0 Å². The van der Waals surface area contributed by atoms with Gasteiger partial charge in [-0.15, -0.1) is 0 Å². The maximum absolute atomic E-state index is 11.0. The monoisotopic (exact) mass is 443 g/mol. The molecule has 0 saturated carbocycles. The molecule has 0 amide bonds. The third kappa shape index (κ3) is 2.45. The van der Waals surface area contributed by atoms with Crippen LogP contribution in [0.5, 0.6) is 0 Å². The number of hydrogen-bond donors (Lipinski definition) is 1. The van der Waals surface area contributed by atoms with E-state index in [2.05, 4.69) is 43.5 Å². The number of oxazole rings is 1. The van der Waals surface area contributed by atoms with Crippen LogP contribution in [0.4, 0.5) is 0 Å². The van der Waals surface area contributed by atoms with Crippen molar-refractivity contribution in [2.45, 2.75) is 0 Å². The normalized spacial score (nSPS) is 10.9. The molecule has 3 aromatic rings. The molecule has 0 radical (unpaired) electrons. The van der Waals surface area contributed by atoms with E-state index >= 15 is 0 Å². The van der Waals surface area contributed by atoms with Crippen LogP contribution in [0.15, 0.2) is 45.3 Å². The van der Waals surface area contributed by atoms with Crippen LogP contribution in [0.2, 0.25) is 0 Å². The molecule has 6 heteroatoms. The van der Waals surface area contributed by atoms with Crippen LogP contribution in [0.3, 0.4) is 0 Å². The summed E-state index contributed by atoms with van der Waals surface area (Å²) in [6.45, 7) is 0. The second-order valence-corrected chi connectivity index (χ2v) is 6.21. The van der Waals surface area contributed by atoms with Crippen molar-refractivity contribution in [2.75, 3.05) is 0 Å². The minimum atomic E-state index is -0.984. The van der Waals surface area contributed by atoms with Crippen molar-refractivity contribution < 1.29 is 14.3 Å². The number of carboxylic acids is 1. The van der Waals surface area contributed by atoms with Gasteiger partial charge in [-0.25, -0.2) is 9.78 Å². The van der Waals surface area contributed by atoms with E-state index in [1.807, 2.05) is 18.2 Å². The van der Waals surface area contributed by atoms with Gasteiger partial charge in [0.1, 0.15) is 5.52 Å². The molecular weight excluding hydrogens is 437 g/mol. The number of aromatic carboxylic acids is 1. The summed E-state index contributed by atoms with van der Waals surface area (Å²) >= 11 is 5.63. The Hall–Kier alpha value is -1.41. The number of fused-ring (bicyclic) bond motifs is 1. The molecule has 0 spiro atoms. The van der Waals surface area contributed by atoms with Crippen LogP contribution < -0.4 is 0 Å². The Kier molecular flexibility index (Phi) is 3.51. The standard InChI is InChI=1S/C14H7BrINO3/c15-8-2-3-10(16)9(6-8)13-17-11-4-1-7(14(18)19)5-12(11)20-13/h1-6H,(H,18,19). The minimum Gasteiger partial charge on any atom is -0.478 e. The summed E-state index contributed by atoms with van der Waals surface area (Å²) in [6, 6.07) is 10.5. The molecule has 0 unspecified atom stereocenters. The van der Waals surface area contributed by atoms with Crippen molar-refractivity contribution in [3.8, 4) is 11.5 Å². The lowest BCUT2D eigenvalue weighted by atomic mass is 10.2. The lowest BCUT2D eigenvalue weighted by molar-refractivity contribution is 0.0697. The molecule has 0 atom stereocenters. The van der Waals surface area contributed by atoms with Gasteiger partial charge in [0.15, 0.2) is 5.58 Å². The van der Waals surface area contributed by atoms with Crippen LogP contribution >= 0.6 is 38.5 Å². The van der Waals surface area contributed by atoms with Crippen molar-refractivity contribution in [1.82, 2.24) is 4.98 Å². The van der Waals surface area contributed by atoms with Gasteiger partial charge in [-0.05, 0) is 59.0 Å². The number of hydrogen-bond acceptors (Lipinski definition) is 3. The van der Waals surface area contributed by atoms with Crippen LogP contribution in [0.25, 0.3) is 22.6 Å². The van der Waals surface area contributed by atoms with Crippen molar-refractivity contribution >= 4 is 55.6 Å². The van der Waals surface area contributed by atoms with E-state index in [4.69, 9.17) is 9.52 Å². The smallest absolute Gasteiger partial charge is 0.335 e. The van der Waals surface area contributed by atoms with Gasteiger partial charge in [-0.2, -0.15) is 0 Å². The molecule has 0 saturated heterocycles. The van der Waals surface area contributed by atoms with Gasteiger partial charge in [-0.3, -0.25) is 0 Å². The number of nitrogens with zero attached hydrogens (tertiary/aromatic N) is 1. The van der Waals surface area contributed by atoms with Gasteiger partial charge in [0.05, 0.1) is 11.1 Å². The Morgan fingerprint density at radius 1 is 1.25 bits per heavy atom. The van der Waals surface area contributed by atoms with Gasteiger partial charge >= 0.3 is 5.97 Å². The topological polar surface area (TPSA) is 63.3 Å². The second kappa shape index (κ2) is 5.17. The van der Waals surface area contributed by atoms with Crippen molar-refractivity contribution in [2.24, 2.45) is 0 Å². The first-order valence-electron chi connectivity index (χ1n) is 5.64. The van der Waals surface area contributed by atoms with E-state index in [0.717, 1.165) is 13.6 Å². The molecule has 0 aliphatic heterocycles. The molecule has 20 heavy (non-hydrogen) atoms. The van der Waals surface area contributed by atoms with Crippen LogP contribution in [-0.4, -0.2) is 16.1 Å². The maximum Gasteiger partial charge on any atom is 0.335 e. The largest absolute Gasteiger partial charge is 0.478 e. The first-order chi connectivity index (χ1) is 9.54. The number of carbonyl (C=O) groups is 1. The highest BCUT2D eigenvalue weighted by Crippen LogP contribution is 2.30. The fraction of sp³-hybridized carbons (Fsp3) is 0. The third-order valence-electron chi connectivity index (χ3n) is 2.79. The summed E-state index contributed by atoms with van der Waals surface area (Å²) in [5, 5.41) is 8.98. The SMILES string of the molecule is O=C(O)c1ccc2nc(-c3cc(Br)ccc3I)oc2c1. The molecule has 1 N–H and O–H groups in total. The Labute approximate surface area is 136 Å². The van der Waals surface area contributed by atoms with E-state index in [1.54, 1.807) is 6.07 Å². The average molecular weight is 444 g/mol. The van der Waals surface area contributed by atoms with E-state index in [-0.39, 0.29) is 5.56 Å². The van der Waals surface area contributed by atoms with Crippen LogP contribution in [0, 0.1) is 3.57 Å². The summed E-state index contributed by atoms with van der Waals surface area (Å²) in [6.07, 6.45) is 0. The van der Waals surface area contributed by atoms with Crippen LogP contribution in [0.1, 0.15) is 10.4 Å². The average Bonchev–Trinajstić information content (AvgIpc) is 2.83. The Morgan fingerprint density at radius 3 is 2.80 bits per heavy atom. The summed E-state index contributed by atoms with van der Waals surface area (Å²) < 4.78 is 7.62. The second-order valence-electron chi connectivity index (χ2n) is 4.13. The van der Waals surface area contributed by atoms with E-state index < -0.39 is 5.97 Å². The van der Waals surface area contributed by atoms with Crippen molar-refractivity contribution in [3.05, 3.63) is 50.0 Å². The molecule has 1 aromatic heterocycles. The predicted molar refractivity (Wildman–Crippen MR) is 86.8 cm³/mol. The van der Waals surface area contributed by atoms with E-state index in [9.17, 15) is 4.79 Å². The van der Waals surface area contributed by atoms with E-state index in [0.29, 0.717) is 17.0 Å². The number of aromatic nitrogens is 1. The summed E-state index contributed by atoms with van der Waals surface area (Å²) in [5.41, 5.74) is 2.16. The third-order valence-corrected chi connectivity index (χ3v) is 4.23. The highest BCUT2D eigenvalue weighted by molar-refractivity contribution is 14.1. The fourth-order valence-electron chi connectivity index (χ4n) is 1.83. The number of halogens is 2. The lowest BCUT2D eigenvalue weighted by Crippen LogP contribution is -1.94. The number of carboxylic acid groups (broad SMARTS) is 1. The zero-order valence-electron chi connectivity index (χ0n) is 9.93. The van der Waals surface area contributed by atoms with Crippen LogP contribution in [-0.2, 0) is 0 Å². The van der Waals surface area contributed by atoms with Gasteiger partial charge in [0, 0.05) is 8.04 Å². The molecule has 100 valence electrons. The molecule has 4 nitrogen and oxygen atoms in total. The minimum absolute atomic E-state index is 0.184. The number of rotatable bonds is 2. The highest BCUT2D eigenvalue weighted by atomic mass is 127. The Bertz CT molecular complexity index is 828. The molecule has 3 rings (SSSR count). The highest BCUT2D eigenvalue weighted by Gasteiger charge is 2.13. The Balaban J connectivity index is 2.17. The zero-order valence-corrected chi connectivity index (χ0v) is 13.7. The summed E-state index contributed by atoms with van der Waals surface area (Å²) in [7, 11) is 0. The van der Waals surface area contributed by atoms with Gasteiger partial charge in [0.2, 0.25) is 5.89 Å². The molecule has 0 bridgehead atoms. The van der Waals surface area contributed by atoms with Gasteiger partial charge in [-0.1, -0.05) is 15.9 Å². The summed E-state index contributed by atoms with van der Waals surface area (Å²) in [5.74, 6) is -0.505. The molecule has 2 aromatic carbocycles. The molecule has 1 heterocycles. The quantitative estimate of drug-likeness (QED) is 0.589.